The summed E-state index contributed by atoms with van der Waals surface area (Å²) in [7, 11) is 0. The Hall–Kier alpha value is -1.69. The van der Waals surface area contributed by atoms with Crippen molar-refractivity contribution in [3.63, 3.8) is 0 Å². The molecule has 2 aliphatic rings. The first kappa shape index (κ1) is 14.9. The van der Waals surface area contributed by atoms with Crippen LogP contribution in [-0.2, 0) is 19.5 Å². The molecular formula is C17H26N6. The molecule has 2 aromatic heterocycles. The summed E-state index contributed by atoms with van der Waals surface area (Å²) in [4.78, 5) is 2.57. The summed E-state index contributed by atoms with van der Waals surface area (Å²) < 4.78 is 4.50. The van der Waals surface area contributed by atoms with Crippen molar-refractivity contribution in [2.75, 3.05) is 19.6 Å². The third-order valence-electron chi connectivity index (χ3n) is 5.24. The number of nitrogens with zero attached hydrogens (tertiary/aromatic N) is 6. The van der Waals surface area contributed by atoms with Gasteiger partial charge in [0.1, 0.15) is 11.6 Å². The highest BCUT2D eigenvalue weighted by Crippen LogP contribution is 2.28. The van der Waals surface area contributed by atoms with E-state index in [9.17, 15) is 0 Å². The van der Waals surface area contributed by atoms with E-state index in [0.717, 1.165) is 38.3 Å². The molecule has 4 rings (SSSR count). The molecule has 0 N–H and O–H groups in total. The minimum absolute atomic E-state index is 0.545. The Labute approximate surface area is 137 Å². The highest BCUT2D eigenvalue weighted by Gasteiger charge is 2.28. The molecule has 0 bridgehead atoms. The minimum Gasteiger partial charge on any atom is -0.315 e. The quantitative estimate of drug-likeness (QED) is 0.865. The third-order valence-corrected chi connectivity index (χ3v) is 5.24. The zero-order valence-electron chi connectivity index (χ0n) is 14.2. The molecule has 124 valence electrons. The molecular weight excluding hydrogens is 288 g/mol. The topological polar surface area (TPSA) is 51.8 Å². The first-order valence-corrected chi connectivity index (χ1v) is 8.86. The van der Waals surface area contributed by atoms with Gasteiger partial charge < -0.3 is 9.47 Å². The first-order chi connectivity index (χ1) is 11.2. The summed E-state index contributed by atoms with van der Waals surface area (Å²) in [6, 6.07) is 2.15. The maximum atomic E-state index is 4.57. The Bertz CT molecular complexity index is 685. The maximum absolute atomic E-state index is 4.57. The van der Waals surface area contributed by atoms with Crippen LogP contribution in [0.5, 0.6) is 0 Å². The Morgan fingerprint density at radius 3 is 2.87 bits per heavy atom. The second kappa shape index (κ2) is 6.07. The first-order valence-electron chi connectivity index (χ1n) is 8.86. The van der Waals surface area contributed by atoms with Crippen molar-refractivity contribution in [3.8, 4) is 0 Å². The molecule has 0 spiro atoms. The van der Waals surface area contributed by atoms with Gasteiger partial charge in [0.15, 0.2) is 0 Å². The van der Waals surface area contributed by atoms with Crippen LogP contribution in [0, 0.1) is 13.8 Å². The van der Waals surface area contributed by atoms with Crippen LogP contribution in [0.15, 0.2) is 6.07 Å². The van der Waals surface area contributed by atoms with E-state index in [1.807, 2.05) is 0 Å². The van der Waals surface area contributed by atoms with Gasteiger partial charge in [-0.05, 0) is 45.7 Å². The van der Waals surface area contributed by atoms with E-state index in [1.165, 1.54) is 43.1 Å². The van der Waals surface area contributed by atoms with Crippen LogP contribution < -0.4 is 0 Å². The van der Waals surface area contributed by atoms with Crippen molar-refractivity contribution >= 4 is 0 Å². The van der Waals surface area contributed by atoms with Gasteiger partial charge in [-0.15, -0.1) is 10.2 Å². The molecule has 2 aliphatic heterocycles. The average molecular weight is 314 g/mol. The second-order valence-corrected chi connectivity index (χ2v) is 7.02. The predicted molar refractivity (Wildman–Crippen MR) is 88.5 cm³/mol. The summed E-state index contributed by atoms with van der Waals surface area (Å²) in [6.45, 7) is 9.66. The fourth-order valence-electron chi connectivity index (χ4n) is 4.08. The Morgan fingerprint density at radius 1 is 1.13 bits per heavy atom. The SMILES string of the molecule is Cc1cc(C)n(CCN2CCCC(c3nnc4n3CCC4)C2)n1. The normalized spacial score (nSPS) is 21.7. The summed E-state index contributed by atoms with van der Waals surface area (Å²) in [5.74, 6) is 2.97. The van der Waals surface area contributed by atoms with Gasteiger partial charge in [0, 0.05) is 37.7 Å². The van der Waals surface area contributed by atoms with Gasteiger partial charge in [-0.3, -0.25) is 4.68 Å². The van der Waals surface area contributed by atoms with Crippen molar-refractivity contribution in [1.82, 2.24) is 29.4 Å². The lowest BCUT2D eigenvalue weighted by Crippen LogP contribution is -2.37. The van der Waals surface area contributed by atoms with Gasteiger partial charge in [-0.2, -0.15) is 5.10 Å². The van der Waals surface area contributed by atoms with Crippen molar-refractivity contribution in [2.45, 2.75) is 58.5 Å². The molecule has 23 heavy (non-hydrogen) atoms. The zero-order chi connectivity index (χ0) is 15.8. The molecule has 0 saturated carbocycles. The van der Waals surface area contributed by atoms with Gasteiger partial charge in [0.2, 0.25) is 0 Å². The largest absolute Gasteiger partial charge is 0.315 e. The van der Waals surface area contributed by atoms with E-state index in [1.54, 1.807) is 0 Å². The van der Waals surface area contributed by atoms with E-state index in [-0.39, 0.29) is 0 Å². The van der Waals surface area contributed by atoms with E-state index in [2.05, 4.69) is 49.4 Å². The average Bonchev–Trinajstić information content (AvgIpc) is 3.21. The number of aromatic nitrogens is 5. The van der Waals surface area contributed by atoms with Crippen LogP contribution in [0.3, 0.4) is 0 Å². The fraction of sp³-hybridized carbons (Fsp3) is 0.706. The number of likely N-dealkylation sites (tertiary alicyclic amines) is 1. The van der Waals surface area contributed by atoms with E-state index in [4.69, 9.17) is 0 Å². The van der Waals surface area contributed by atoms with Gasteiger partial charge >= 0.3 is 0 Å². The smallest absolute Gasteiger partial charge is 0.137 e. The van der Waals surface area contributed by atoms with Gasteiger partial charge in [-0.25, -0.2) is 0 Å². The van der Waals surface area contributed by atoms with Crippen LogP contribution in [0.2, 0.25) is 0 Å². The highest BCUT2D eigenvalue weighted by atomic mass is 15.3. The van der Waals surface area contributed by atoms with E-state index < -0.39 is 0 Å². The van der Waals surface area contributed by atoms with Crippen molar-refractivity contribution in [3.05, 3.63) is 29.1 Å². The molecule has 0 aromatic carbocycles. The summed E-state index contributed by atoms with van der Waals surface area (Å²) in [5, 5.41) is 13.5. The van der Waals surface area contributed by atoms with Gasteiger partial charge in [0.05, 0.1) is 12.2 Å². The molecule has 0 aliphatic carbocycles. The molecule has 6 heteroatoms. The maximum Gasteiger partial charge on any atom is 0.137 e. The predicted octanol–water partition coefficient (Wildman–Crippen LogP) is 1.92. The van der Waals surface area contributed by atoms with E-state index >= 15 is 0 Å². The molecule has 1 fully saturated rings. The van der Waals surface area contributed by atoms with Crippen LogP contribution >= 0.6 is 0 Å². The molecule has 0 radical (unpaired) electrons. The van der Waals surface area contributed by atoms with Crippen LogP contribution in [0.1, 0.15) is 48.2 Å². The van der Waals surface area contributed by atoms with Crippen molar-refractivity contribution in [2.24, 2.45) is 0 Å². The standard InChI is InChI=1S/C17H26N6/c1-13-11-14(2)23(20-13)10-9-21-7-3-5-15(12-21)17-19-18-16-6-4-8-22(16)17/h11,15H,3-10,12H2,1-2H3. The lowest BCUT2D eigenvalue weighted by molar-refractivity contribution is 0.193. The number of fused-ring (bicyclic) bond motifs is 1. The molecule has 0 amide bonds. The van der Waals surface area contributed by atoms with Crippen LogP contribution in [-0.4, -0.2) is 49.1 Å². The summed E-state index contributed by atoms with van der Waals surface area (Å²) in [5.41, 5.74) is 2.37. The van der Waals surface area contributed by atoms with Gasteiger partial charge in [-0.1, -0.05) is 0 Å². The molecule has 4 heterocycles. The summed E-state index contributed by atoms with van der Waals surface area (Å²) in [6.07, 6.45) is 4.83. The number of hydrogen-bond donors (Lipinski definition) is 0. The Kier molecular flexibility index (Phi) is 3.93. The van der Waals surface area contributed by atoms with E-state index in [0.29, 0.717) is 5.92 Å². The Balaban J connectivity index is 1.40. The third kappa shape index (κ3) is 2.92. The zero-order valence-corrected chi connectivity index (χ0v) is 14.2. The Morgan fingerprint density at radius 2 is 2.04 bits per heavy atom. The van der Waals surface area contributed by atoms with Crippen molar-refractivity contribution < 1.29 is 0 Å². The highest BCUT2D eigenvalue weighted by molar-refractivity contribution is 5.08. The number of aryl methyl sites for hydroxylation is 3. The molecule has 1 unspecified atom stereocenters. The lowest BCUT2D eigenvalue weighted by Gasteiger charge is -2.32. The fourth-order valence-corrected chi connectivity index (χ4v) is 4.08. The molecule has 1 saturated heterocycles. The monoisotopic (exact) mass is 314 g/mol. The van der Waals surface area contributed by atoms with Crippen LogP contribution in [0.25, 0.3) is 0 Å². The minimum atomic E-state index is 0.545. The molecule has 6 nitrogen and oxygen atoms in total. The molecule has 2 aromatic rings. The van der Waals surface area contributed by atoms with Crippen LogP contribution in [0.4, 0.5) is 0 Å². The lowest BCUT2D eigenvalue weighted by atomic mass is 9.97. The van der Waals surface area contributed by atoms with Gasteiger partial charge in [0.25, 0.3) is 0 Å². The number of rotatable bonds is 4. The number of piperidine rings is 1. The summed E-state index contributed by atoms with van der Waals surface area (Å²) >= 11 is 0. The van der Waals surface area contributed by atoms with Crippen molar-refractivity contribution in [1.29, 1.82) is 0 Å². The molecule has 1 atom stereocenters. The second-order valence-electron chi connectivity index (χ2n) is 7.02. The number of hydrogen-bond acceptors (Lipinski definition) is 4.